The minimum Gasteiger partial charge on any atom is -0.361 e. The van der Waals surface area contributed by atoms with Gasteiger partial charge >= 0.3 is 0 Å². The molecule has 1 aliphatic rings. The Morgan fingerprint density at radius 1 is 1.43 bits per heavy atom. The maximum atomic E-state index is 11.7. The molecule has 0 saturated carbocycles. The van der Waals surface area contributed by atoms with Crippen molar-refractivity contribution in [1.29, 1.82) is 0 Å². The van der Waals surface area contributed by atoms with Gasteiger partial charge < -0.3 is 4.74 Å². The van der Waals surface area contributed by atoms with Crippen LogP contribution in [0, 0.1) is 0 Å². The topological polar surface area (TPSA) is 29.6 Å². The third kappa shape index (κ3) is 1.75. The molecule has 0 aromatic heterocycles. The summed E-state index contributed by atoms with van der Waals surface area (Å²) in [6.07, 6.45) is 2.35. The van der Waals surface area contributed by atoms with Gasteiger partial charge in [-0.3, -0.25) is 4.79 Å². The minimum atomic E-state index is -0.240. The first-order chi connectivity index (χ1) is 6.83. The number of epoxide rings is 1. The van der Waals surface area contributed by atoms with Crippen LogP contribution in [0.1, 0.15) is 16.8 Å². The zero-order valence-electron chi connectivity index (χ0n) is 7.85. The lowest BCUT2D eigenvalue weighted by Gasteiger charge is -1.94. The Morgan fingerprint density at radius 3 is 2.79 bits per heavy atom. The number of ketones is 1. The summed E-state index contributed by atoms with van der Waals surface area (Å²) >= 11 is 0. The maximum Gasteiger partial charge on any atom is 0.194 e. The molecule has 1 heterocycles. The molecule has 2 nitrogen and oxygen atoms in total. The van der Waals surface area contributed by atoms with E-state index in [0.717, 1.165) is 12.0 Å². The summed E-state index contributed by atoms with van der Waals surface area (Å²) in [7, 11) is 0. The average molecular weight is 188 g/mol. The van der Waals surface area contributed by atoms with Gasteiger partial charge in [-0.25, -0.2) is 0 Å². The Kier molecular flexibility index (Phi) is 2.46. The molecule has 1 saturated heterocycles. The molecular formula is C12H12O2. The summed E-state index contributed by atoms with van der Waals surface area (Å²) in [6, 6.07) is 9.24. The Hall–Kier alpha value is -1.41. The van der Waals surface area contributed by atoms with E-state index in [1.54, 1.807) is 6.08 Å². The molecule has 0 spiro atoms. The number of carbonyl (C=O) groups excluding carboxylic acids is 1. The van der Waals surface area contributed by atoms with E-state index in [1.165, 1.54) is 0 Å². The molecule has 0 amide bonds. The molecule has 0 N–H and O–H groups in total. The summed E-state index contributed by atoms with van der Waals surface area (Å²) in [5, 5.41) is 0. The Morgan fingerprint density at radius 2 is 2.14 bits per heavy atom. The number of hydrogen-bond donors (Lipinski definition) is 0. The van der Waals surface area contributed by atoms with Crippen molar-refractivity contribution in [1.82, 2.24) is 0 Å². The van der Waals surface area contributed by atoms with E-state index in [0.29, 0.717) is 0 Å². The number of ether oxygens (including phenoxy) is 1. The van der Waals surface area contributed by atoms with E-state index in [2.05, 4.69) is 6.58 Å². The molecule has 1 fully saturated rings. The Bertz CT molecular complexity index is 343. The van der Waals surface area contributed by atoms with Crippen LogP contribution in [0.5, 0.6) is 0 Å². The van der Waals surface area contributed by atoms with Gasteiger partial charge in [0.15, 0.2) is 5.78 Å². The molecule has 0 bridgehead atoms. The molecule has 2 atom stereocenters. The summed E-state index contributed by atoms with van der Waals surface area (Å²) in [5.41, 5.74) is 0.726. The molecule has 0 aliphatic carbocycles. The molecular weight excluding hydrogens is 176 g/mol. The zero-order chi connectivity index (χ0) is 9.97. The quantitative estimate of drug-likeness (QED) is 0.412. The lowest BCUT2D eigenvalue weighted by Crippen LogP contribution is -2.09. The second kappa shape index (κ2) is 3.76. The van der Waals surface area contributed by atoms with Crippen LogP contribution in [0.25, 0.3) is 0 Å². The van der Waals surface area contributed by atoms with E-state index in [9.17, 15) is 4.79 Å². The highest BCUT2D eigenvalue weighted by molar-refractivity contribution is 6.01. The van der Waals surface area contributed by atoms with Gasteiger partial charge in [0, 0.05) is 5.56 Å². The smallest absolute Gasteiger partial charge is 0.194 e. The second-order valence-corrected chi connectivity index (χ2v) is 3.35. The van der Waals surface area contributed by atoms with Gasteiger partial charge in [-0.1, -0.05) is 36.4 Å². The van der Waals surface area contributed by atoms with Gasteiger partial charge in [0.1, 0.15) is 6.10 Å². The maximum absolute atomic E-state index is 11.7. The Balaban J connectivity index is 2.01. The van der Waals surface area contributed by atoms with Gasteiger partial charge in [-0.15, -0.1) is 6.58 Å². The van der Waals surface area contributed by atoms with E-state index in [4.69, 9.17) is 4.74 Å². The first-order valence-corrected chi connectivity index (χ1v) is 4.68. The normalized spacial score (nSPS) is 24.3. The predicted molar refractivity (Wildman–Crippen MR) is 54.2 cm³/mol. The average Bonchev–Trinajstić information content (AvgIpc) is 2.98. The first kappa shape index (κ1) is 9.16. The first-order valence-electron chi connectivity index (χ1n) is 4.68. The summed E-state index contributed by atoms with van der Waals surface area (Å²) in [4.78, 5) is 11.7. The molecule has 2 heteroatoms. The highest BCUT2D eigenvalue weighted by Gasteiger charge is 2.43. The number of hydrogen-bond acceptors (Lipinski definition) is 2. The number of rotatable bonds is 4. The van der Waals surface area contributed by atoms with Crippen LogP contribution in [0.2, 0.25) is 0 Å². The SMILES string of the molecule is C=CC[C@H]1O[C@H]1C(=O)c1ccccc1. The minimum absolute atomic E-state index is 0.0557. The zero-order valence-corrected chi connectivity index (χ0v) is 7.85. The molecule has 1 aliphatic heterocycles. The lowest BCUT2D eigenvalue weighted by atomic mass is 10.1. The predicted octanol–water partition coefficient (Wildman–Crippen LogP) is 2.21. The fraction of sp³-hybridized carbons (Fsp3) is 0.250. The van der Waals surface area contributed by atoms with Crippen molar-refractivity contribution in [3.63, 3.8) is 0 Å². The van der Waals surface area contributed by atoms with Crippen molar-refractivity contribution >= 4 is 5.78 Å². The van der Waals surface area contributed by atoms with Crippen LogP contribution in [0.4, 0.5) is 0 Å². The van der Waals surface area contributed by atoms with Crippen molar-refractivity contribution in [3.8, 4) is 0 Å². The van der Waals surface area contributed by atoms with E-state index >= 15 is 0 Å². The molecule has 1 aromatic carbocycles. The van der Waals surface area contributed by atoms with Crippen molar-refractivity contribution < 1.29 is 9.53 Å². The fourth-order valence-electron chi connectivity index (χ4n) is 1.48. The van der Waals surface area contributed by atoms with E-state index in [1.807, 2.05) is 30.3 Å². The van der Waals surface area contributed by atoms with Crippen molar-refractivity contribution in [2.45, 2.75) is 18.6 Å². The fourth-order valence-corrected chi connectivity index (χ4v) is 1.48. The number of Topliss-reactive ketones (excluding diaryl/α,β-unsaturated/α-hetero) is 1. The molecule has 72 valence electrons. The van der Waals surface area contributed by atoms with Crippen LogP contribution >= 0.6 is 0 Å². The van der Waals surface area contributed by atoms with Crippen LogP contribution in [0.15, 0.2) is 43.0 Å². The molecule has 2 rings (SSSR count). The summed E-state index contributed by atoms with van der Waals surface area (Å²) in [6.45, 7) is 3.62. The largest absolute Gasteiger partial charge is 0.361 e. The van der Waals surface area contributed by atoms with E-state index in [-0.39, 0.29) is 18.0 Å². The molecule has 14 heavy (non-hydrogen) atoms. The molecule has 0 radical (unpaired) electrons. The van der Waals surface area contributed by atoms with Crippen LogP contribution in [-0.4, -0.2) is 18.0 Å². The van der Waals surface area contributed by atoms with Crippen LogP contribution in [0.3, 0.4) is 0 Å². The van der Waals surface area contributed by atoms with Crippen LogP contribution < -0.4 is 0 Å². The van der Waals surface area contributed by atoms with Gasteiger partial charge in [0.25, 0.3) is 0 Å². The number of carbonyl (C=O) groups is 1. The van der Waals surface area contributed by atoms with E-state index < -0.39 is 0 Å². The standard InChI is InChI=1S/C12H12O2/c1-2-6-10-12(14-10)11(13)9-7-4-3-5-8-9/h2-5,7-8,10,12H,1,6H2/t10-,12-/m1/s1. The van der Waals surface area contributed by atoms with Gasteiger partial charge in [0.05, 0.1) is 6.10 Å². The summed E-state index contributed by atoms with van der Waals surface area (Å²) in [5.74, 6) is 0.0810. The monoisotopic (exact) mass is 188 g/mol. The third-order valence-corrected chi connectivity index (χ3v) is 2.30. The third-order valence-electron chi connectivity index (χ3n) is 2.30. The van der Waals surface area contributed by atoms with Crippen LogP contribution in [-0.2, 0) is 4.74 Å². The molecule has 0 unspecified atom stereocenters. The van der Waals surface area contributed by atoms with Gasteiger partial charge in [0.2, 0.25) is 0 Å². The molecule has 1 aromatic rings. The van der Waals surface area contributed by atoms with Gasteiger partial charge in [-0.2, -0.15) is 0 Å². The lowest BCUT2D eigenvalue weighted by molar-refractivity contribution is 0.0953. The Labute approximate surface area is 83.2 Å². The highest BCUT2D eigenvalue weighted by atomic mass is 16.6. The second-order valence-electron chi connectivity index (χ2n) is 3.35. The van der Waals surface area contributed by atoms with Crippen molar-refractivity contribution in [2.24, 2.45) is 0 Å². The highest BCUT2D eigenvalue weighted by Crippen LogP contribution is 2.28. The van der Waals surface area contributed by atoms with Crippen molar-refractivity contribution in [2.75, 3.05) is 0 Å². The summed E-state index contributed by atoms with van der Waals surface area (Å²) < 4.78 is 5.25. The van der Waals surface area contributed by atoms with Gasteiger partial charge in [-0.05, 0) is 6.42 Å². The number of benzene rings is 1. The van der Waals surface area contributed by atoms with Crippen molar-refractivity contribution in [3.05, 3.63) is 48.6 Å².